The molecule has 0 saturated heterocycles. The predicted octanol–water partition coefficient (Wildman–Crippen LogP) is 2.29. The molecule has 18 heavy (non-hydrogen) atoms. The minimum Gasteiger partial charge on any atom is -0.295 e. The highest BCUT2D eigenvalue weighted by Gasteiger charge is 2.23. The predicted molar refractivity (Wildman–Crippen MR) is 61.1 cm³/mol. The van der Waals surface area contributed by atoms with Crippen molar-refractivity contribution in [3.8, 4) is 0 Å². The van der Waals surface area contributed by atoms with Crippen molar-refractivity contribution in [2.75, 3.05) is 0 Å². The van der Waals surface area contributed by atoms with Crippen molar-refractivity contribution in [3.05, 3.63) is 34.9 Å². The third-order valence-electron chi connectivity index (χ3n) is 2.54. The summed E-state index contributed by atoms with van der Waals surface area (Å²) in [6, 6.07) is 4.52. The molecule has 1 rings (SSSR count). The van der Waals surface area contributed by atoms with Crippen molar-refractivity contribution < 1.29 is 29.9 Å². The Kier molecular flexibility index (Phi) is 5.29. The topological polar surface area (TPSA) is 93.1 Å². The summed E-state index contributed by atoms with van der Waals surface area (Å²) in [7, 11) is 0. The molecule has 0 saturated carbocycles. The zero-order valence-electron chi connectivity index (χ0n) is 9.88. The summed E-state index contributed by atoms with van der Waals surface area (Å²) in [6.07, 6.45) is 2.26. The van der Waals surface area contributed by atoms with E-state index in [0.717, 1.165) is 12.8 Å². The van der Waals surface area contributed by atoms with E-state index in [2.05, 4.69) is 9.78 Å². The third-order valence-corrected chi connectivity index (χ3v) is 2.54. The average Bonchev–Trinajstić information content (AvgIpc) is 2.42. The van der Waals surface area contributed by atoms with E-state index in [-0.39, 0.29) is 11.1 Å². The van der Waals surface area contributed by atoms with Gasteiger partial charge in [0, 0.05) is 0 Å². The summed E-state index contributed by atoms with van der Waals surface area (Å²) in [5, 5.41) is 16.8. The lowest BCUT2D eigenvalue weighted by molar-refractivity contribution is -0.185. The molecule has 0 radical (unpaired) electrons. The molecule has 0 fully saturated rings. The summed E-state index contributed by atoms with van der Waals surface area (Å²) in [4.78, 5) is 30.1. The first-order valence-electron chi connectivity index (χ1n) is 5.49. The highest BCUT2D eigenvalue weighted by atomic mass is 17.1. The fraction of sp³-hybridized carbons (Fsp3) is 0.333. The van der Waals surface area contributed by atoms with E-state index < -0.39 is 11.9 Å². The standard InChI is InChI=1S/C12H14O6/c1-2-3-5-8-6-4-7-9(11(13)17-15)10(8)12(14)18-16/h4,6-7,15-16H,2-3,5H2,1H3. The molecule has 0 heterocycles. The van der Waals surface area contributed by atoms with Crippen molar-refractivity contribution >= 4 is 11.9 Å². The van der Waals surface area contributed by atoms with Gasteiger partial charge in [-0.05, 0) is 24.5 Å². The maximum Gasteiger partial charge on any atom is 0.373 e. The van der Waals surface area contributed by atoms with Gasteiger partial charge in [-0.2, -0.15) is 10.5 Å². The molecule has 0 aliphatic heterocycles. The van der Waals surface area contributed by atoms with Gasteiger partial charge in [-0.25, -0.2) is 9.59 Å². The van der Waals surface area contributed by atoms with Crippen LogP contribution >= 0.6 is 0 Å². The Morgan fingerprint density at radius 2 is 1.83 bits per heavy atom. The lowest BCUT2D eigenvalue weighted by Crippen LogP contribution is -2.15. The molecule has 0 aromatic heterocycles. The molecule has 0 aliphatic carbocycles. The summed E-state index contributed by atoms with van der Waals surface area (Å²) in [5.74, 6) is -2.13. The quantitative estimate of drug-likeness (QED) is 0.618. The Morgan fingerprint density at radius 3 is 2.39 bits per heavy atom. The Bertz CT molecular complexity index is 440. The highest BCUT2D eigenvalue weighted by molar-refractivity contribution is 6.03. The van der Waals surface area contributed by atoms with Crippen LogP contribution < -0.4 is 0 Å². The molecule has 1 aromatic rings. The Morgan fingerprint density at radius 1 is 1.17 bits per heavy atom. The van der Waals surface area contributed by atoms with Crippen molar-refractivity contribution in [1.29, 1.82) is 0 Å². The van der Waals surface area contributed by atoms with Gasteiger partial charge in [0.1, 0.15) is 0 Å². The second-order valence-corrected chi connectivity index (χ2v) is 3.70. The third kappa shape index (κ3) is 3.06. The molecule has 0 atom stereocenters. The van der Waals surface area contributed by atoms with Crippen LogP contribution in [0.4, 0.5) is 0 Å². The van der Waals surface area contributed by atoms with Crippen molar-refractivity contribution in [3.63, 3.8) is 0 Å². The summed E-state index contributed by atoms with van der Waals surface area (Å²) in [6.45, 7) is 1.98. The fourth-order valence-corrected chi connectivity index (χ4v) is 1.68. The molecule has 98 valence electrons. The number of carbonyl (C=O) groups excluding carboxylic acids is 2. The van der Waals surface area contributed by atoms with E-state index in [0.29, 0.717) is 12.0 Å². The number of hydrogen-bond donors (Lipinski definition) is 2. The molecule has 2 N–H and O–H groups in total. The first kappa shape index (κ1) is 14.1. The first-order valence-corrected chi connectivity index (χ1v) is 5.49. The smallest absolute Gasteiger partial charge is 0.295 e. The molecule has 1 aromatic carbocycles. The maximum atomic E-state index is 11.5. The van der Waals surface area contributed by atoms with Gasteiger partial charge in [0.05, 0.1) is 11.1 Å². The first-order chi connectivity index (χ1) is 8.65. The number of unbranched alkanes of at least 4 members (excludes halogenated alkanes) is 1. The molecule has 6 heteroatoms. The molecule has 0 amide bonds. The van der Waals surface area contributed by atoms with Gasteiger partial charge in [0.25, 0.3) is 0 Å². The minimum atomic E-state index is -1.08. The number of benzene rings is 1. The zero-order chi connectivity index (χ0) is 13.5. The second kappa shape index (κ2) is 6.73. The van der Waals surface area contributed by atoms with E-state index in [1.54, 1.807) is 12.1 Å². The Labute approximate surface area is 104 Å². The Balaban J connectivity index is 3.25. The van der Waals surface area contributed by atoms with E-state index in [9.17, 15) is 9.59 Å². The van der Waals surface area contributed by atoms with Crippen molar-refractivity contribution in [2.45, 2.75) is 26.2 Å². The highest BCUT2D eigenvalue weighted by Crippen LogP contribution is 2.19. The van der Waals surface area contributed by atoms with Crippen LogP contribution in [0.1, 0.15) is 46.0 Å². The number of rotatable bonds is 5. The van der Waals surface area contributed by atoms with Gasteiger partial charge < -0.3 is 0 Å². The molecule has 0 spiro atoms. The molecular formula is C12H14O6. The molecule has 0 unspecified atom stereocenters. The van der Waals surface area contributed by atoms with Crippen LogP contribution in [0, 0.1) is 0 Å². The van der Waals surface area contributed by atoms with Gasteiger partial charge in [-0.1, -0.05) is 25.5 Å². The monoisotopic (exact) mass is 254 g/mol. The lowest BCUT2D eigenvalue weighted by atomic mass is 9.97. The molecule has 6 nitrogen and oxygen atoms in total. The van der Waals surface area contributed by atoms with Crippen molar-refractivity contribution in [1.82, 2.24) is 0 Å². The van der Waals surface area contributed by atoms with Crippen molar-refractivity contribution in [2.24, 2.45) is 0 Å². The number of carbonyl (C=O) groups is 2. The lowest BCUT2D eigenvalue weighted by Gasteiger charge is -2.09. The van der Waals surface area contributed by atoms with E-state index in [1.807, 2.05) is 6.92 Å². The van der Waals surface area contributed by atoms with Gasteiger partial charge >= 0.3 is 11.9 Å². The fourth-order valence-electron chi connectivity index (χ4n) is 1.68. The molecule has 0 aliphatic rings. The minimum absolute atomic E-state index is 0.0903. The molecular weight excluding hydrogens is 240 g/mol. The number of hydrogen-bond acceptors (Lipinski definition) is 6. The van der Waals surface area contributed by atoms with Gasteiger partial charge in [-0.15, -0.1) is 0 Å². The summed E-state index contributed by atoms with van der Waals surface area (Å²) < 4.78 is 0. The van der Waals surface area contributed by atoms with Crippen LogP contribution in [0.15, 0.2) is 18.2 Å². The second-order valence-electron chi connectivity index (χ2n) is 3.70. The van der Waals surface area contributed by atoms with Crippen LogP contribution in [0.3, 0.4) is 0 Å². The maximum absolute atomic E-state index is 11.5. The SMILES string of the molecule is CCCCc1cccc(C(=O)OO)c1C(=O)OO. The largest absolute Gasteiger partial charge is 0.373 e. The number of aryl methyl sites for hydroxylation is 1. The Hall–Kier alpha value is -1.92. The molecule has 0 bridgehead atoms. The van der Waals surface area contributed by atoms with E-state index >= 15 is 0 Å². The van der Waals surface area contributed by atoms with Gasteiger partial charge in [0.2, 0.25) is 0 Å². The zero-order valence-corrected chi connectivity index (χ0v) is 9.88. The van der Waals surface area contributed by atoms with Crippen LogP contribution in [0.2, 0.25) is 0 Å². The van der Waals surface area contributed by atoms with Gasteiger partial charge in [-0.3, -0.25) is 9.78 Å². The van der Waals surface area contributed by atoms with Crippen LogP contribution in [-0.4, -0.2) is 22.5 Å². The van der Waals surface area contributed by atoms with Crippen LogP contribution in [0.25, 0.3) is 0 Å². The van der Waals surface area contributed by atoms with E-state index in [1.165, 1.54) is 6.07 Å². The van der Waals surface area contributed by atoms with Crippen LogP contribution in [-0.2, 0) is 16.2 Å². The summed E-state index contributed by atoms with van der Waals surface area (Å²) in [5.41, 5.74) is 0.316. The normalized spacial score (nSPS) is 9.94. The summed E-state index contributed by atoms with van der Waals surface area (Å²) >= 11 is 0. The van der Waals surface area contributed by atoms with E-state index in [4.69, 9.17) is 10.5 Å². The van der Waals surface area contributed by atoms with Gasteiger partial charge in [0.15, 0.2) is 0 Å². The van der Waals surface area contributed by atoms with Crippen LogP contribution in [0.5, 0.6) is 0 Å². The average molecular weight is 254 g/mol.